The molecule has 0 fully saturated rings. The van der Waals surface area contributed by atoms with E-state index in [4.69, 9.17) is 0 Å². The van der Waals surface area contributed by atoms with E-state index in [2.05, 4.69) is 10.5 Å². The van der Waals surface area contributed by atoms with Crippen molar-refractivity contribution >= 4 is 27.8 Å². The number of rotatable bonds is 7. The van der Waals surface area contributed by atoms with E-state index in [-0.39, 0.29) is 4.90 Å². The lowest BCUT2D eigenvalue weighted by atomic mass is 10.2. The third-order valence-electron chi connectivity index (χ3n) is 4.35. The van der Waals surface area contributed by atoms with E-state index in [0.717, 1.165) is 21.0 Å². The Morgan fingerprint density at radius 3 is 2.27 bits per heavy atom. The predicted octanol–water partition coefficient (Wildman–Crippen LogP) is 3.65. The van der Waals surface area contributed by atoms with E-state index in [1.165, 1.54) is 18.3 Å². The van der Waals surface area contributed by atoms with Gasteiger partial charge in [0.2, 0.25) is 0 Å². The van der Waals surface area contributed by atoms with Gasteiger partial charge in [0.05, 0.1) is 16.8 Å². The van der Waals surface area contributed by atoms with Crippen molar-refractivity contribution < 1.29 is 13.2 Å². The molecule has 3 aromatic carbocycles. The van der Waals surface area contributed by atoms with E-state index in [1.807, 2.05) is 44.2 Å². The second-order valence-electron chi connectivity index (χ2n) is 6.87. The Hall–Kier alpha value is -3.45. The fourth-order valence-electron chi connectivity index (χ4n) is 2.91. The number of aryl methyl sites for hydroxylation is 2. The molecular formula is C23H23N3O3S. The van der Waals surface area contributed by atoms with Crippen LogP contribution in [0.2, 0.25) is 0 Å². The molecule has 1 N–H and O–H groups in total. The summed E-state index contributed by atoms with van der Waals surface area (Å²) in [6.45, 7) is 3.43. The van der Waals surface area contributed by atoms with E-state index in [1.54, 1.807) is 36.4 Å². The summed E-state index contributed by atoms with van der Waals surface area (Å²) < 4.78 is 27.5. The van der Waals surface area contributed by atoms with Gasteiger partial charge in [0, 0.05) is 0 Å². The second-order valence-corrected chi connectivity index (χ2v) is 8.73. The van der Waals surface area contributed by atoms with Crippen molar-refractivity contribution in [3.05, 3.63) is 95.6 Å². The molecular weight excluding hydrogens is 398 g/mol. The van der Waals surface area contributed by atoms with Crippen LogP contribution in [0, 0.1) is 13.8 Å². The molecule has 6 nitrogen and oxygen atoms in total. The fraction of sp³-hybridized carbons (Fsp3) is 0.130. The monoisotopic (exact) mass is 421 g/mol. The van der Waals surface area contributed by atoms with Gasteiger partial charge in [0.1, 0.15) is 6.54 Å². The number of nitrogens with zero attached hydrogens (tertiary/aromatic N) is 2. The molecule has 0 aliphatic carbocycles. The number of carbonyl (C=O) groups excluding carboxylic acids is 1. The van der Waals surface area contributed by atoms with Gasteiger partial charge in [-0.25, -0.2) is 13.8 Å². The third kappa shape index (κ3) is 5.33. The number of amides is 1. The molecule has 0 unspecified atom stereocenters. The van der Waals surface area contributed by atoms with E-state index >= 15 is 0 Å². The molecule has 0 bridgehead atoms. The molecule has 7 heteroatoms. The summed E-state index contributed by atoms with van der Waals surface area (Å²) >= 11 is 0. The largest absolute Gasteiger partial charge is 0.271 e. The first-order valence-corrected chi connectivity index (χ1v) is 10.8. The highest BCUT2D eigenvalue weighted by Gasteiger charge is 2.27. The van der Waals surface area contributed by atoms with Gasteiger partial charge in [-0.15, -0.1) is 0 Å². The van der Waals surface area contributed by atoms with Gasteiger partial charge < -0.3 is 0 Å². The van der Waals surface area contributed by atoms with Gasteiger partial charge in [-0.3, -0.25) is 9.10 Å². The van der Waals surface area contributed by atoms with Crippen molar-refractivity contribution in [2.24, 2.45) is 5.10 Å². The molecule has 154 valence electrons. The Balaban J connectivity index is 1.83. The number of sulfonamides is 1. The molecule has 3 rings (SSSR count). The molecule has 0 spiro atoms. The van der Waals surface area contributed by atoms with Crippen LogP contribution < -0.4 is 9.73 Å². The minimum atomic E-state index is -3.93. The Morgan fingerprint density at radius 2 is 1.60 bits per heavy atom. The molecule has 0 saturated heterocycles. The fourth-order valence-corrected chi connectivity index (χ4v) is 4.35. The van der Waals surface area contributed by atoms with Crippen molar-refractivity contribution in [3.63, 3.8) is 0 Å². The highest BCUT2D eigenvalue weighted by atomic mass is 32.2. The molecule has 3 aromatic rings. The van der Waals surface area contributed by atoms with Crippen LogP contribution >= 0.6 is 0 Å². The Kier molecular flexibility index (Phi) is 6.64. The van der Waals surface area contributed by atoms with Crippen LogP contribution in [-0.2, 0) is 14.8 Å². The first-order chi connectivity index (χ1) is 14.4. The van der Waals surface area contributed by atoms with Crippen LogP contribution in [0.15, 0.2) is 88.9 Å². The molecule has 0 saturated carbocycles. The minimum Gasteiger partial charge on any atom is -0.271 e. The number of hydrazone groups is 1. The Morgan fingerprint density at radius 1 is 0.933 bits per heavy atom. The molecule has 30 heavy (non-hydrogen) atoms. The lowest BCUT2D eigenvalue weighted by Crippen LogP contribution is -2.39. The topological polar surface area (TPSA) is 78.8 Å². The number of hydrogen-bond donors (Lipinski definition) is 1. The van der Waals surface area contributed by atoms with Gasteiger partial charge in [-0.1, -0.05) is 60.2 Å². The smallest absolute Gasteiger partial charge is 0.264 e. The van der Waals surface area contributed by atoms with Crippen molar-refractivity contribution in [3.8, 4) is 0 Å². The predicted molar refractivity (Wildman–Crippen MR) is 119 cm³/mol. The lowest BCUT2D eigenvalue weighted by Gasteiger charge is -2.24. The molecule has 0 radical (unpaired) electrons. The minimum absolute atomic E-state index is 0.113. The summed E-state index contributed by atoms with van der Waals surface area (Å²) in [5.74, 6) is -0.542. The maximum Gasteiger partial charge on any atom is 0.264 e. The van der Waals surface area contributed by atoms with Crippen LogP contribution in [0.3, 0.4) is 0 Å². The van der Waals surface area contributed by atoms with Crippen molar-refractivity contribution in [2.45, 2.75) is 18.7 Å². The highest BCUT2D eigenvalue weighted by Crippen LogP contribution is 2.24. The van der Waals surface area contributed by atoms with Crippen molar-refractivity contribution in [1.29, 1.82) is 0 Å². The average Bonchev–Trinajstić information content (AvgIpc) is 2.72. The Labute approximate surface area is 176 Å². The first-order valence-electron chi connectivity index (χ1n) is 9.39. The summed E-state index contributed by atoms with van der Waals surface area (Å²) in [6, 6.07) is 22.7. The van der Waals surface area contributed by atoms with E-state index < -0.39 is 22.5 Å². The molecule has 0 atom stereocenters. The quantitative estimate of drug-likeness (QED) is 0.467. The van der Waals surface area contributed by atoms with Crippen molar-refractivity contribution in [1.82, 2.24) is 5.43 Å². The maximum absolute atomic E-state index is 13.2. The zero-order valence-corrected chi connectivity index (χ0v) is 17.6. The number of hydrogen-bond acceptors (Lipinski definition) is 4. The average molecular weight is 422 g/mol. The van der Waals surface area contributed by atoms with Crippen LogP contribution in [0.1, 0.15) is 16.7 Å². The molecule has 1 amide bonds. The standard InChI is InChI=1S/C23H23N3O3S/c1-18-8-6-10-20(14-18)16-24-25-23(27)17-26(21-11-7-9-19(2)15-21)30(28,29)22-12-4-3-5-13-22/h3-16H,17H2,1-2H3,(H,25,27)/b24-16-. The molecule has 0 aromatic heterocycles. The van der Waals surface area contributed by atoms with E-state index in [9.17, 15) is 13.2 Å². The highest BCUT2D eigenvalue weighted by molar-refractivity contribution is 7.92. The van der Waals surface area contributed by atoms with E-state index in [0.29, 0.717) is 5.69 Å². The molecule has 0 aliphatic rings. The second kappa shape index (κ2) is 9.37. The van der Waals surface area contributed by atoms with Gasteiger partial charge in [0.15, 0.2) is 0 Å². The zero-order valence-electron chi connectivity index (χ0n) is 16.8. The number of benzene rings is 3. The van der Waals surface area contributed by atoms with Crippen LogP contribution in [0.5, 0.6) is 0 Å². The van der Waals surface area contributed by atoms with Crippen LogP contribution in [0.25, 0.3) is 0 Å². The van der Waals surface area contributed by atoms with Gasteiger partial charge in [-0.05, 0) is 49.2 Å². The number of carbonyl (C=O) groups is 1. The Bertz CT molecular complexity index is 1160. The first kappa shape index (κ1) is 21.3. The number of anilines is 1. The maximum atomic E-state index is 13.2. The molecule has 0 heterocycles. The zero-order chi connectivity index (χ0) is 21.6. The summed E-state index contributed by atoms with van der Waals surface area (Å²) in [5.41, 5.74) is 5.62. The third-order valence-corrected chi connectivity index (χ3v) is 6.14. The van der Waals surface area contributed by atoms with Gasteiger partial charge in [0.25, 0.3) is 15.9 Å². The van der Waals surface area contributed by atoms with Gasteiger partial charge in [-0.2, -0.15) is 5.10 Å². The van der Waals surface area contributed by atoms with Crippen LogP contribution in [0.4, 0.5) is 5.69 Å². The van der Waals surface area contributed by atoms with Crippen molar-refractivity contribution in [2.75, 3.05) is 10.8 Å². The van der Waals surface area contributed by atoms with Gasteiger partial charge >= 0.3 is 0 Å². The normalized spacial score (nSPS) is 11.4. The summed E-state index contributed by atoms with van der Waals surface area (Å²) in [4.78, 5) is 12.6. The summed E-state index contributed by atoms with van der Waals surface area (Å²) in [7, 11) is -3.93. The lowest BCUT2D eigenvalue weighted by molar-refractivity contribution is -0.119. The summed E-state index contributed by atoms with van der Waals surface area (Å²) in [5, 5.41) is 3.96. The number of nitrogens with one attached hydrogen (secondary N) is 1. The van der Waals surface area contributed by atoms with Crippen LogP contribution in [-0.4, -0.2) is 27.1 Å². The SMILES string of the molecule is Cc1cccc(/C=N\NC(=O)CN(c2cccc(C)c2)S(=O)(=O)c2ccccc2)c1. The summed E-state index contributed by atoms with van der Waals surface area (Å²) in [6.07, 6.45) is 1.52. The molecule has 0 aliphatic heterocycles.